The molecule has 1 aliphatic rings. The Balaban J connectivity index is 1.55. The number of hydrogen-bond acceptors (Lipinski definition) is 5. The van der Waals surface area contributed by atoms with E-state index in [2.05, 4.69) is 26.1 Å². The highest BCUT2D eigenvalue weighted by Crippen LogP contribution is 2.35. The number of carbonyl (C=O) groups is 1. The van der Waals surface area contributed by atoms with Gasteiger partial charge in [-0.2, -0.15) is 10.1 Å². The lowest BCUT2D eigenvalue weighted by Gasteiger charge is -2.22. The maximum atomic E-state index is 12.3. The van der Waals surface area contributed by atoms with Crippen molar-refractivity contribution in [2.45, 2.75) is 40.2 Å². The normalized spacial score (nSPS) is 15.5. The summed E-state index contributed by atoms with van der Waals surface area (Å²) in [7, 11) is 0. The first-order valence-electron chi connectivity index (χ1n) is 9.92. The maximum absolute atomic E-state index is 12.3. The summed E-state index contributed by atoms with van der Waals surface area (Å²) in [6, 6.07) is 17.5. The molecule has 4 rings (SSSR count). The van der Waals surface area contributed by atoms with Crippen molar-refractivity contribution in [2.75, 3.05) is 0 Å². The van der Waals surface area contributed by atoms with Gasteiger partial charge in [-0.05, 0) is 49.7 Å². The fraction of sp³-hybridized carbons (Fsp3) is 0.261. The number of benzene rings is 2. The standard InChI is InChI=1S/C23H23BrN4O3/c1-15-11-16(2)27(25-15)13-22-26-28(17(3)29)23(31-22)20-9-4-5-10-21(20)30-14-18-7-6-8-19(24)12-18/h4-12,23H,13-14H2,1-3H3/t23-/m0/s1. The molecule has 2 heterocycles. The monoisotopic (exact) mass is 482 g/mol. The van der Waals surface area contributed by atoms with Gasteiger partial charge in [0.25, 0.3) is 0 Å². The minimum absolute atomic E-state index is 0.213. The van der Waals surface area contributed by atoms with E-state index in [-0.39, 0.29) is 5.91 Å². The van der Waals surface area contributed by atoms with E-state index in [1.165, 1.54) is 11.9 Å². The van der Waals surface area contributed by atoms with Gasteiger partial charge in [0, 0.05) is 17.1 Å². The summed E-state index contributed by atoms with van der Waals surface area (Å²) >= 11 is 3.48. The van der Waals surface area contributed by atoms with Gasteiger partial charge in [0.15, 0.2) is 0 Å². The molecule has 0 saturated carbocycles. The van der Waals surface area contributed by atoms with E-state index in [9.17, 15) is 4.79 Å². The molecule has 0 unspecified atom stereocenters. The number of nitrogens with zero attached hydrogens (tertiary/aromatic N) is 4. The van der Waals surface area contributed by atoms with Crippen molar-refractivity contribution >= 4 is 27.7 Å². The van der Waals surface area contributed by atoms with Crippen LogP contribution in [0, 0.1) is 13.8 Å². The molecule has 0 spiro atoms. The van der Waals surface area contributed by atoms with E-state index in [4.69, 9.17) is 9.47 Å². The molecule has 7 nitrogen and oxygen atoms in total. The molecule has 0 saturated heterocycles. The van der Waals surface area contributed by atoms with Crippen molar-refractivity contribution in [3.05, 3.63) is 81.6 Å². The first kappa shape index (κ1) is 21.1. The Kier molecular flexibility index (Phi) is 6.08. The number of carbonyl (C=O) groups excluding carboxylic acids is 1. The summed E-state index contributed by atoms with van der Waals surface area (Å²) < 4.78 is 15.0. The molecule has 8 heteroatoms. The van der Waals surface area contributed by atoms with Crippen molar-refractivity contribution in [2.24, 2.45) is 5.10 Å². The molecule has 0 bridgehead atoms. The van der Waals surface area contributed by atoms with Gasteiger partial charge in [-0.15, -0.1) is 5.10 Å². The van der Waals surface area contributed by atoms with E-state index >= 15 is 0 Å². The topological polar surface area (TPSA) is 69.0 Å². The van der Waals surface area contributed by atoms with Gasteiger partial charge in [-0.25, -0.2) is 0 Å². The minimum atomic E-state index is -0.692. The minimum Gasteiger partial charge on any atom is -0.488 e. The Morgan fingerprint density at radius 2 is 1.97 bits per heavy atom. The average molecular weight is 483 g/mol. The highest BCUT2D eigenvalue weighted by molar-refractivity contribution is 9.10. The lowest BCUT2D eigenvalue weighted by molar-refractivity contribution is -0.135. The predicted molar refractivity (Wildman–Crippen MR) is 120 cm³/mol. The molecular weight excluding hydrogens is 460 g/mol. The summed E-state index contributed by atoms with van der Waals surface area (Å²) in [6.07, 6.45) is -0.692. The third kappa shape index (κ3) is 4.80. The van der Waals surface area contributed by atoms with Gasteiger partial charge in [0.1, 0.15) is 18.9 Å². The lowest BCUT2D eigenvalue weighted by atomic mass is 10.1. The van der Waals surface area contributed by atoms with Gasteiger partial charge in [-0.3, -0.25) is 9.48 Å². The number of ether oxygens (including phenoxy) is 2. The van der Waals surface area contributed by atoms with E-state index in [0.717, 1.165) is 27.0 Å². The van der Waals surface area contributed by atoms with Crippen LogP contribution in [0.25, 0.3) is 0 Å². The Hall–Kier alpha value is -3.13. The molecule has 0 fully saturated rings. The smallest absolute Gasteiger partial charge is 0.243 e. The first-order chi connectivity index (χ1) is 14.9. The molecule has 0 aliphatic carbocycles. The van der Waals surface area contributed by atoms with Gasteiger partial charge in [-0.1, -0.05) is 40.2 Å². The largest absolute Gasteiger partial charge is 0.488 e. The second-order valence-electron chi connectivity index (χ2n) is 7.37. The fourth-order valence-corrected chi connectivity index (χ4v) is 3.89. The van der Waals surface area contributed by atoms with Crippen LogP contribution in [0.1, 0.15) is 35.7 Å². The number of rotatable bonds is 6. The molecule has 1 aliphatic heterocycles. The molecule has 160 valence electrons. The third-order valence-electron chi connectivity index (χ3n) is 4.87. The van der Waals surface area contributed by atoms with Crippen LogP contribution >= 0.6 is 15.9 Å². The highest BCUT2D eigenvalue weighted by atomic mass is 79.9. The van der Waals surface area contributed by atoms with Gasteiger partial charge in [0.05, 0.1) is 11.3 Å². The number of aryl methyl sites for hydroxylation is 2. The zero-order valence-electron chi connectivity index (χ0n) is 17.6. The van der Waals surface area contributed by atoms with E-state index < -0.39 is 6.23 Å². The number of hydrazone groups is 1. The molecule has 1 amide bonds. The summed E-state index contributed by atoms with van der Waals surface area (Å²) in [4.78, 5) is 12.3. The van der Waals surface area contributed by atoms with E-state index in [0.29, 0.717) is 24.8 Å². The zero-order chi connectivity index (χ0) is 22.0. The fourth-order valence-electron chi connectivity index (χ4n) is 3.44. The van der Waals surface area contributed by atoms with Crippen LogP contribution in [0.4, 0.5) is 0 Å². The second kappa shape index (κ2) is 8.93. The lowest BCUT2D eigenvalue weighted by Crippen LogP contribution is -2.25. The van der Waals surface area contributed by atoms with E-state index in [1.807, 2.05) is 73.1 Å². The van der Waals surface area contributed by atoms with Crippen molar-refractivity contribution < 1.29 is 14.3 Å². The Labute approximate surface area is 189 Å². The molecule has 1 aromatic heterocycles. The quantitative estimate of drug-likeness (QED) is 0.509. The Morgan fingerprint density at radius 3 is 2.68 bits per heavy atom. The highest BCUT2D eigenvalue weighted by Gasteiger charge is 2.34. The van der Waals surface area contributed by atoms with Gasteiger partial charge < -0.3 is 9.47 Å². The van der Waals surface area contributed by atoms with Gasteiger partial charge >= 0.3 is 0 Å². The maximum Gasteiger partial charge on any atom is 0.243 e. The Morgan fingerprint density at radius 1 is 1.16 bits per heavy atom. The summed E-state index contributed by atoms with van der Waals surface area (Å²) in [5.74, 6) is 0.852. The van der Waals surface area contributed by atoms with Gasteiger partial charge in [0.2, 0.25) is 18.0 Å². The zero-order valence-corrected chi connectivity index (χ0v) is 19.2. The number of amides is 1. The molecule has 3 aromatic rings. The predicted octanol–water partition coefficient (Wildman–Crippen LogP) is 4.73. The molecule has 1 atom stereocenters. The number of hydrogen-bond donors (Lipinski definition) is 0. The van der Waals surface area contributed by atoms with Crippen molar-refractivity contribution in [3.8, 4) is 5.75 Å². The van der Waals surface area contributed by atoms with Crippen molar-refractivity contribution in [1.82, 2.24) is 14.8 Å². The van der Waals surface area contributed by atoms with Crippen LogP contribution in [0.3, 0.4) is 0 Å². The van der Waals surface area contributed by atoms with Crippen LogP contribution < -0.4 is 4.74 Å². The second-order valence-corrected chi connectivity index (χ2v) is 8.28. The number of aromatic nitrogens is 2. The average Bonchev–Trinajstić information content (AvgIpc) is 3.29. The van der Waals surface area contributed by atoms with Crippen molar-refractivity contribution in [3.63, 3.8) is 0 Å². The molecule has 31 heavy (non-hydrogen) atoms. The molecular formula is C23H23BrN4O3. The third-order valence-corrected chi connectivity index (χ3v) is 5.36. The van der Waals surface area contributed by atoms with E-state index in [1.54, 1.807) is 0 Å². The molecule has 2 aromatic carbocycles. The summed E-state index contributed by atoms with van der Waals surface area (Å²) in [5.41, 5.74) is 3.68. The number of para-hydroxylation sites is 1. The summed E-state index contributed by atoms with van der Waals surface area (Å²) in [5, 5.41) is 10.2. The first-order valence-corrected chi connectivity index (χ1v) is 10.7. The molecule has 0 N–H and O–H groups in total. The Bertz CT molecular complexity index is 1140. The van der Waals surface area contributed by atoms with Crippen molar-refractivity contribution in [1.29, 1.82) is 0 Å². The number of halogens is 1. The van der Waals surface area contributed by atoms with Crippen LogP contribution in [0.15, 0.2) is 64.2 Å². The SMILES string of the molecule is CC(=O)N1N=C(Cn2nc(C)cc2C)O[C@H]1c1ccccc1OCc1cccc(Br)c1. The van der Waals surface area contributed by atoms with Crippen LogP contribution in [-0.4, -0.2) is 26.6 Å². The summed E-state index contributed by atoms with van der Waals surface area (Å²) in [6.45, 7) is 6.12. The van der Waals surface area contributed by atoms with Crippen LogP contribution in [0.5, 0.6) is 5.75 Å². The van der Waals surface area contributed by atoms with Crippen LogP contribution in [0.2, 0.25) is 0 Å². The molecule has 0 radical (unpaired) electrons. The van der Waals surface area contributed by atoms with Crippen LogP contribution in [-0.2, 0) is 22.7 Å².